The number of halogens is 1. The van der Waals surface area contributed by atoms with Crippen molar-refractivity contribution in [1.29, 1.82) is 0 Å². The van der Waals surface area contributed by atoms with Crippen LogP contribution in [0.3, 0.4) is 0 Å². The highest BCUT2D eigenvalue weighted by atomic mass is 35.5. The van der Waals surface area contributed by atoms with E-state index in [-0.39, 0.29) is 5.75 Å². The van der Waals surface area contributed by atoms with E-state index in [0.29, 0.717) is 15.9 Å². The van der Waals surface area contributed by atoms with Crippen LogP contribution in [0.25, 0.3) is 10.9 Å². The Kier molecular flexibility index (Phi) is 4.16. The van der Waals surface area contributed by atoms with Gasteiger partial charge in [-0.15, -0.1) is 0 Å². The molecule has 1 heterocycles. The van der Waals surface area contributed by atoms with E-state index in [1.54, 1.807) is 18.2 Å². The van der Waals surface area contributed by atoms with Crippen LogP contribution in [-0.2, 0) is 9.59 Å². The van der Waals surface area contributed by atoms with Gasteiger partial charge >= 0.3 is 11.9 Å². The number of hydrogen-bond acceptors (Lipinski definition) is 5. The minimum absolute atomic E-state index is 0.160. The topological polar surface area (TPSA) is 96.7 Å². The van der Waals surface area contributed by atoms with E-state index in [1.807, 2.05) is 0 Å². The normalized spacial score (nSPS) is 12.1. The molecule has 0 radical (unpaired) electrons. The summed E-state index contributed by atoms with van der Waals surface area (Å²) in [6, 6.07) is 6.41. The predicted octanol–water partition coefficient (Wildman–Crippen LogP) is 1.63. The van der Waals surface area contributed by atoms with Crippen molar-refractivity contribution in [3.05, 3.63) is 35.5 Å². The Morgan fingerprint density at radius 1 is 1.35 bits per heavy atom. The number of aliphatic hydroxyl groups excluding tert-OH is 1. The van der Waals surface area contributed by atoms with Crippen LogP contribution in [0.5, 0.6) is 5.75 Å². The molecule has 7 heteroatoms. The van der Waals surface area contributed by atoms with E-state index in [4.69, 9.17) is 26.6 Å². The summed E-state index contributed by atoms with van der Waals surface area (Å²) in [5.41, 5.74) is 0.387. The Bertz CT molecular complexity index is 673. The number of aliphatic hydroxyl groups is 1. The molecule has 2 rings (SSSR count). The summed E-state index contributed by atoms with van der Waals surface area (Å²) in [6.45, 7) is 0. The van der Waals surface area contributed by atoms with Gasteiger partial charge in [0, 0.05) is 11.6 Å². The molecular weight excluding hydrogens is 286 g/mol. The van der Waals surface area contributed by atoms with Gasteiger partial charge in [0.15, 0.2) is 11.9 Å². The summed E-state index contributed by atoms with van der Waals surface area (Å²) in [5.74, 6) is -2.19. The summed E-state index contributed by atoms with van der Waals surface area (Å²) in [6.07, 6.45) is -0.928. The Morgan fingerprint density at radius 3 is 2.80 bits per heavy atom. The summed E-state index contributed by atoms with van der Waals surface area (Å²) in [7, 11) is 0. The van der Waals surface area contributed by atoms with E-state index >= 15 is 0 Å². The molecule has 2 N–H and O–H groups in total. The molecule has 0 spiro atoms. The first-order valence-electron chi connectivity index (χ1n) is 5.64. The van der Waals surface area contributed by atoms with Crippen molar-refractivity contribution < 1.29 is 24.5 Å². The van der Waals surface area contributed by atoms with Crippen LogP contribution in [0.4, 0.5) is 0 Å². The maximum absolute atomic E-state index is 11.5. The first-order chi connectivity index (χ1) is 9.49. The van der Waals surface area contributed by atoms with Gasteiger partial charge in [-0.05, 0) is 24.3 Å². The fourth-order valence-corrected chi connectivity index (χ4v) is 1.82. The van der Waals surface area contributed by atoms with Crippen LogP contribution >= 0.6 is 11.6 Å². The highest BCUT2D eigenvalue weighted by Gasteiger charge is 2.20. The fraction of sp³-hybridized carbons (Fsp3) is 0.154. The molecule has 6 nitrogen and oxygen atoms in total. The van der Waals surface area contributed by atoms with Crippen LogP contribution in [0.15, 0.2) is 30.5 Å². The lowest BCUT2D eigenvalue weighted by molar-refractivity contribution is -0.152. The molecule has 1 unspecified atom stereocenters. The third kappa shape index (κ3) is 3.04. The summed E-state index contributed by atoms with van der Waals surface area (Å²) in [5, 5.41) is 18.7. The van der Waals surface area contributed by atoms with Crippen LogP contribution in [0.2, 0.25) is 5.02 Å². The number of carbonyl (C=O) groups excluding carboxylic acids is 1. The number of carbonyl (C=O) groups is 2. The summed E-state index contributed by atoms with van der Waals surface area (Å²) >= 11 is 5.99. The molecule has 0 amide bonds. The smallest absolute Gasteiger partial charge is 0.333 e. The van der Waals surface area contributed by atoms with Crippen molar-refractivity contribution in [2.24, 2.45) is 0 Å². The first kappa shape index (κ1) is 14.2. The lowest BCUT2D eigenvalue weighted by Crippen LogP contribution is -2.25. The van der Waals surface area contributed by atoms with Gasteiger partial charge in [0.25, 0.3) is 0 Å². The molecule has 0 saturated heterocycles. The monoisotopic (exact) mass is 295 g/mol. The zero-order valence-electron chi connectivity index (χ0n) is 10.1. The largest absolute Gasteiger partial charge is 0.479 e. The molecule has 2 aromatic rings. The number of esters is 1. The second-order valence-electron chi connectivity index (χ2n) is 3.98. The van der Waals surface area contributed by atoms with E-state index < -0.39 is 24.5 Å². The van der Waals surface area contributed by atoms with Crippen molar-refractivity contribution in [2.45, 2.75) is 12.5 Å². The Morgan fingerprint density at radius 2 is 2.10 bits per heavy atom. The van der Waals surface area contributed by atoms with Gasteiger partial charge in [-0.3, -0.25) is 9.78 Å². The number of pyridine rings is 1. The van der Waals surface area contributed by atoms with Crippen LogP contribution in [0, 0.1) is 0 Å². The van der Waals surface area contributed by atoms with E-state index in [0.717, 1.165) is 0 Å². The number of hydrogen-bond donors (Lipinski definition) is 2. The minimum Gasteiger partial charge on any atom is -0.479 e. The van der Waals surface area contributed by atoms with Gasteiger partial charge in [-0.25, -0.2) is 4.79 Å². The SMILES string of the molecule is O=C(CC(O)C(=O)O)Oc1ccc(Cl)c2cccnc12. The van der Waals surface area contributed by atoms with Crippen molar-refractivity contribution >= 4 is 34.4 Å². The maximum Gasteiger partial charge on any atom is 0.333 e. The van der Waals surface area contributed by atoms with Crippen molar-refractivity contribution in [1.82, 2.24) is 4.98 Å². The molecule has 104 valence electrons. The molecule has 1 aromatic carbocycles. The number of aromatic nitrogens is 1. The van der Waals surface area contributed by atoms with Gasteiger partial charge in [0.05, 0.1) is 11.4 Å². The molecule has 20 heavy (non-hydrogen) atoms. The molecule has 1 aromatic heterocycles. The average Bonchev–Trinajstić information content (AvgIpc) is 2.42. The maximum atomic E-state index is 11.5. The Balaban J connectivity index is 2.24. The quantitative estimate of drug-likeness (QED) is 0.657. The van der Waals surface area contributed by atoms with E-state index in [9.17, 15) is 9.59 Å². The van der Waals surface area contributed by atoms with Crippen LogP contribution in [0.1, 0.15) is 6.42 Å². The molecule has 0 aliphatic heterocycles. The zero-order valence-corrected chi connectivity index (χ0v) is 10.9. The lowest BCUT2D eigenvalue weighted by atomic mass is 10.2. The van der Waals surface area contributed by atoms with E-state index in [1.165, 1.54) is 12.3 Å². The molecule has 0 fully saturated rings. The van der Waals surface area contributed by atoms with Crippen molar-refractivity contribution in [3.63, 3.8) is 0 Å². The van der Waals surface area contributed by atoms with Gasteiger partial charge in [0.2, 0.25) is 0 Å². The molecule has 0 bridgehead atoms. The predicted molar refractivity (Wildman–Crippen MR) is 70.6 cm³/mol. The number of rotatable bonds is 4. The number of fused-ring (bicyclic) bond motifs is 1. The Hall–Kier alpha value is -2.18. The Labute approximate surface area is 118 Å². The number of carboxylic acid groups (broad SMARTS) is 1. The third-order valence-corrected chi connectivity index (χ3v) is 2.88. The zero-order chi connectivity index (χ0) is 14.7. The standard InChI is InChI=1S/C13H10ClNO5/c14-8-3-4-10(12-7(8)2-1-5-15-12)20-11(17)6-9(16)13(18)19/h1-5,9,16H,6H2,(H,18,19). The lowest BCUT2D eigenvalue weighted by Gasteiger charge is -2.09. The average molecular weight is 296 g/mol. The number of nitrogens with zero attached hydrogens (tertiary/aromatic N) is 1. The second-order valence-corrected chi connectivity index (χ2v) is 4.38. The molecular formula is C13H10ClNO5. The summed E-state index contributed by atoms with van der Waals surface area (Å²) < 4.78 is 5.02. The van der Waals surface area contributed by atoms with Crippen molar-refractivity contribution in [2.75, 3.05) is 0 Å². The van der Waals surface area contributed by atoms with Crippen LogP contribution < -0.4 is 4.74 Å². The van der Waals surface area contributed by atoms with Crippen LogP contribution in [-0.4, -0.2) is 33.2 Å². The number of ether oxygens (including phenoxy) is 1. The second kappa shape index (κ2) is 5.85. The number of benzene rings is 1. The highest BCUT2D eigenvalue weighted by Crippen LogP contribution is 2.29. The van der Waals surface area contributed by atoms with Gasteiger partial charge in [-0.2, -0.15) is 0 Å². The highest BCUT2D eigenvalue weighted by molar-refractivity contribution is 6.35. The van der Waals surface area contributed by atoms with Gasteiger partial charge in [-0.1, -0.05) is 11.6 Å². The third-order valence-electron chi connectivity index (χ3n) is 2.55. The molecule has 0 aliphatic rings. The molecule has 1 atom stereocenters. The van der Waals surface area contributed by atoms with Crippen molar-refractivity contribution in [3.8, 4) is 5.75 Å². The first-order valence-corrected chi connectivity index (χ1v) is 6.01. The number of carboxylic acids is 1. The van der Waals surface area contributed by atoms with E-state index in [2.05, 4.69) is 4.98 Å². The number of aliphatic carboxylic acids is 1. The van der Waals surface area contributed by atoms with Gasteiger partial charge in [0.1, 0.15) is 5.52 Å². The molecule has 0 saturated carbocycles. The van der Waals surface area contributed by atoms with Gasteiger partial charge < -0.3 is 14.9 Å². The minimum atomic E-state index is -1.80. The summed E-state index contributed by atoms with van der Waals surface area (Å²) in [4.78, 5) is 26.1. The molecule has 0 aliphatic carbocycles. The fourth-order valence-electron chi connectivity index (χ4n) is 1.60.